The second-order valence-corrected chi connectivity index (χ2v) is 11.2. The third kappa shape index (κ3) is 9.26. The number of hydrogen-bond acceptors (Lipinski definition) is 8. The highest BCUT2D eigenvalue weighted by Crippen LogP contribution is 2.25. The molecule has 0 saturated carbocycles. The molecule has 12 heteroatoms. The van der Waals surface area contributed by atoms with Crippen LogP contribution < -0.4 is 20.7 Å². The van der Waals surface area contributed by atoms with Crippen molar-refractivity contribution in [3.05, 3.63) is 142 Å². The first kappa shape index (κ1) is 33.3. The summed E-state index contributed by atoms with van der Waals surface area (Å²) >= 11 is 12.2. The van der Waals surface area contributed by atoms with E-state index in [9.17, 15) is 14.0 Å². The molecule has 3 N–H and O–H groups in total. The summed E-state index contributed by atoms with van der Waals surface area (Å²) < 4.78 is 25.2. The van der Waals surface area contributed by atoms with Crippen LogP contribution in [0.4, 0.5) is 21.5 Å². The number of amides is 1. The zero-order valence-corrected chi connectivity index (χ0v) is 26.5. The number of carbonyl (C=O) groups is 2. The lowest BCUT2D eigenvalue weighted by Gasteiger charge is -2.29. The van der Waals surface area contributed by atoms with E-state index in [0.717, 1.165) is 0 Å². The van der Waals surface area contributed by atoms with Crippen molar-refractivity contribution in [2.24, 2.45) is 0 Å². The number of nitrogens with two attached hydrogens (primary N) is 1. The molecule has 2 aromatic heterocycles. The molecule has 1 amide bonds. The molecule has 0 radical (unpaired) electrons. The fraction of sp³-hybridized carbons (Fsp3) is 0.143. The summed E-state index contributed by atoms with van der Waals surface area (Å²) in [7, 11) is 0. The Labute approximate surface area is 281 Å². The number of aromatic nitrogens is 2. The normalized spacial score (nSPS) is 12.4. The minimum absolute atomic E-state index is 0.176. The average Bonchev–Trinajstić information content (AvgIpc) is 3.10. The molecule has 9 nitrogen and oxygen atoms in total. The zero-order valence-electron chi connectivity index (χ0n) is 25.0. The first-order valence-electron chi connectivity index (χ1n) is 14.5. The van der Waals surface area contributed by atoms with E-state index >= 15 is 0 Å². The molecule has 47 heavy (non-hydrogen) atoms. The molecule has 1 aliphatic rings. The fourth-order valence-corrected chi connectivity index (χ4v) is 5.01. The van der Waals surface area contributed by atoms with Crippen molar-refractivity contribution < 1.29 is 23.5 Å². The van der Waals surface area contributed by atoms with Gasteiger partial charge in [0, 0.05) is 76.0 Å². The van der Waals surface area contributed by atoms with E-state index in [4.69, 9.17) is 38.4 Å². The van der Waals surface area contributed by atoms with Gasteiger partial charge in [0.1, 0.15) is 18.2 Å². The van der Waals surface area contributed by atoms with Gasteiger partial charge in [0.2, 0.25) is 0 Å². The zero-order chi connectivity index (χ0) is 33.2. The summed E-state index contributed by atoms with van der Waals surface area (Å²) in [6, 6.07) is 21.2. The number of hydrogen-bond donors (Lipinski definition) is 2. The smallest absolute Gasteiger partial charge is 0.255 e. The van der Waals surface area contributed by atoms with E-state index in [-0.39, 0.29) is 18.0 Å². The van der Waals surface area contributed by atoms with Crippen molar-refractivity contribution in [3.63, 3.8) is 0 Å². The lowest BCUT2D eigenvalue weighted by molar-refractivity contribution is 0.102. The molecule has 240 valence electrons. The fourth-order valence-electron chi connectivity index (χ4n) is 4.64. The Hall–Kier alpha value is -5.03. The van der Waals surface area contributed by atoms with E-state index in [0.29, 0.717) is 75.9 Å². The average molecular weight is 675 g/mol. The molecular weight excluding hydrogens is 644 g/mol. The first-order chi connectivity index (χ1) is 22.8. The van der Waals surface area contributed by atoms with Crippen LogP contribution in [0, 0.1) is 5.82 Å². The van der Waals surface area contributed by atoms with Crippen LogP contribution in [-0.2, 0) is 11.3 Å². The number of ether oxygens (including phenoxy) is 2. The largest absolute Gasteiger partial charge is 0.487 e. The van der Waals surface area contributed by atoms with Crippen LogP contribution >= 0.6 is 23.2 Å². The number of nitrogens with one attached hydrogen (secondary N) is 1. The van der Waals surface area contributed by atoms with E-state index < -0.39 is 11.7 Å². The summed E-state index contributed by atoms with van der Waals surface area (Å²) in [6.07, 6.45) is 6.38. The summed E-state index contributed by atoms with van der Waals surface area (Å²) in [5, 5.41) is 3.71. The Morgan fingerprint density at radius 2 is 1.64 bits per heavy atom. The van der Waals surface area contributed by atoms with Gasteiger partial charge < -0.3 is 25.4 Å². The Morgan fingerprint density at radius 3 is 2.36 bits per heavy atom. The van der Waals surface area contributed by atoms with E-state index in [1.165, 1.54) is 18.3 Å². The molecule has 0 atom stereocenters. The van der Waals surface area contributed by atoms with E-state index in [1.807, 2.05) is 4.90 Å². The van der Waals surface area contributed by atoms with Gasteiger partial charge in [0.15, 0.2) is 5.78 Å². The number of benzene rings is 3. The second kappa shape index (κ2) is 16.0. The summed E-state index contributed by atoms with van der Waals surface area (Å²) in [4.78, 5) is 34.7. The van der Waals surface area contributed by atoms with Crippen molar-refractivity contribution in [2.45, 2.75) is 6.61 Å². The Bertz CT molecular complexity index is 1840. The van der Waals surface area contributed by atoms with Gasteiger partial charge in [-0.3, -0.25) is 19.6 Å². The van der Waals surface area contributed by atoms with Gasteiger partial charge in [-0.1, -0.05) is 23.2 Å². The van der Waals surface area contributed by atoms with Crippen LogP contribution in [0.3, 0.4) is 0 Å². The SMILES string of the molecule is Nc1ccc(Cl)c(C(=O)c2cccnc2)c1.O=C(Nc1ccc(Cl)c(COc2cccnc2)c1)c1cc(F)cc(N2CCOCC2)c1. The standard InChI is InChI=1S/C23H21ClFN3O3.C12H9ClN2O/c24-22-4-3-19(11-17(22)15-31-21-2-1-5-26-14-21)27-23(29)16-10-18(25)13-20(12-16)28-6-8-30-9-7-28;13-11-4-3-9(14)6-10(11)12(16)8-2-1-5-15-7-8/h1-5,10-14H,6-9,15H2,(H,27,29);1-7H,14H2. The number of nitrogens with zero attached hydrogens (tertiary/aromatic N) is 3. The summed E-state index contributed by atoms with van der Waals surface area (Å²) in [5.41, 5.74) is 9.17. The van der Waals surface area contributed by atoms with Crippen LogP contribution in [0.1, 0.15) is 31.8 Å². The summed E-state index contributed by atoms with van der Waals surface area (Å²) in [5.74, 6) is -0.430. The van der Waals surface area contributed by atoms with Crippen molar-refractivity contribution in [1.29, 1.82) is 0 Å². The maximum Gasteiger partial charge on any atom is 0.255 e. The highest BCUT2D eigenvalue weighted by Gasteiger charge is 2.17. The van der Waals surface area contributed by atoms with Crippen molar-refractivity contribution in [3.8, 4) is 5.75 Å². The Balaban J connectivity index is 0.000000227. The molecule has 6 rings (SSSR count). The van der Waals surface area contributed by atoms with Crippen LogP contribution in [-0.4, -0.2) is 48.0 Å². The molecule has 0 unspecified atom stereocenters. The van der Waals surface area contributed by atoms with Crippen molar-refractivity contribution in [2.75, 3.05) is 42.3 Å². The number of halogens is 3. The van der Waals surface area contributed by atoms with Crippen molar-refractivity contribution in [1.82, 2.24) is 9.97 Å². The monoisotopic (exact) mass is 673 g/mol. The first-order valence-corrected chi connectivity index (χ1v) is 15.3. The maximum atomic E-state index is 14.2. The second-order valence-electron chi connectivity index (χ2n) is 10.3. The molecule has 3 aromatic carbocycles. The molecule has 1 fully saturated rings. The molecule has 0 bridgehead atoms. The van der Waals surface area contributed by atoms with Gasteiger partial charge in [-0.15, -0.1) is 0 Å². The molecule has 0 spiro atoms. The number of anilines is 3. The van der Waals surface area contributed by atoms with E-state index in [2.05, 4.69) is 15.3 Å². The molecular formula is C35H30Cl2FN5O4. The predicted molar refractivity (Wildman–Crippen MR) is 181 cm³/mol. The maximum absolute atomic E-state index is 14.2. The van der Waals surface area contributed by atoms with Gasteiger partial charge in [0.25, 0.3) is 5.91 Å². The number of nitrogen functional groups attached to an aromatic ring is 1. The van der Waals surface area contributed by atoms with Gasteiger partial charge in [-0.25, -0.2) is 4.39 Å². The van der Waals surface area contributed by atoms with E-state index in [1.54, 1.807) is 85.3 Å². The third-order valence-electron chi connectivity index (χ3n) is 7.01. The molecule has 0 aliphatic carbocycles. The molecule has 1 aliphatic heterocycles. The highest BCUT2D eigenvalue weighted by atomic mass is 35.5. The number of pyridine rings is 2. The van der Waals surface area contributed by atoms with Crippen molar-refractivity contribution >= 4 is 52.0 Å². The highest BCUT2D eigenvalue weighted by molar-refractivity contribution is 6.35. The lowest BCUT2D eigenvalue weighted by Crippen LogP contribution is -2.36. The van der Waals surface area contributed by atoms with Crippen LogP contribution in [0.5, 0.6) is 5.75 Å². The minimum Gasteiger partial charge on any atom is -0.487 e. The Kier molecular flexibility index (Phi) is 11.3. The predicted octanol–water partition coefficient (Wildman–Crippen LogP) is 7.09. The number of ketones is 1. The summed E-state index contributed by atoms with van der Waals surface area (Å²) in [6.45, 7) is 2.68. The molecule has 5 aromatic rings. The van der Waals surface area contributed by atoms with Crippen LogP contribution in [0.25, 0.3) is 0 Å². The minimum atomic E-state index is -0.462. The third-order valence-corrected chi connectivity index (χ3v) is 7.71. The van der Waals surface area contributed by atoms with Gasteiger partial charge in [-0.2, -0.15) is 0 Å². The van der Waals surface area contributed by atoms with Gasteiger partial charge in [0.05, 0.1) is 24.4 Å². The lowest BCUT2D eigenvalue weighted by atomic mass is 10.0. The number of rotatable bonds is 8. The number of morpholine rings is 1. The quantitative estimate of drug-likeness (QED) is 0.132. The van der Waals surface area contributed by atoms with Gasteiger partial charge in [-0.05, 0) is 78.9 Å². The van der Waals surface area contributed by atoms with Crippen LogP contribution in [0.15, 0.2) is 104 Å². The Morgan fingerprint density at radius 1 is 0.894 bits per heavy atom. The topological polar surface area (TPSA) is 120 Å². The van der Waals surface area contributed by atoms with Crippen LogP contribution in [0.2, 0.25) is 10.0 Å². The number of carbonyl (C=O) groups excluding carboxylic acids is 2. The van der Waals surface area contributed by atoms with Gasteiger partial charge >= 0.3 is 0 Å². The molecule has 1 saturated heterocycles. The molecule has 3 heterocycles.